The Hall–Kier alpha value is -1.75. The molecule has 0 saturated carbocycles. The van der Waals surface area contributed by atoms with Crippen molar-refractivity contribution in [2.24, 2.45) is 0 Å². The summed E-state index contributed by atoms with van der Waals surface area (Å²) in [5.41, 5.74) is 2.45. The molecule has 2 heterocycles. The molecule has 1 saturated heterocycles. The Morgan fingerprint density at radius 3 is 2.71 bits per heavy atom. The zero-order valence-corrected chi connectivity index (χ0v) is 9.56. The second kappa shape index (κ2) is 4.63. The molecule has 0 bridgehead atoms. The molecule has 0 unspecified atom stereocenters. The van der Waals surface area contributed by atoms with Crippen molar-refractivity contribution in [2.75, 3.05) is 13.1 Å². The largest absolute Gasteiger partial charge is 0.317 e. The number of benzene rings is 1. The van der Waals surface area contributed by atoms with E-state index in [2.05, 4.69) is 44.1 Å². The zero-order valence-electron chi connectivity index (χ0n) is 9.56. The summed E-state index contributed by atoms with van der Waals surface area (Å²) < 4.78 is 0. The first-order chi connectivity index (χ1) is 8.45. The molecule has 0 amide bonds. The van der Waals surface area contributed by atoms with E-state index >= 15 is 0 Å². The summed E-state index contributed by atoms with van der Waals surface area (Å²) >= 11 is 0. The Kier molecular flexibility index (Phi) is 2.83. The third kappa shape index (κ3) is 2.06. The van der Waals surface area contributed by atoms with E-state index in [-0.39, 0.29) is 0 Å². The molecule has 1 aliphatic heterocycles. The number of nitrogens with zero attached hydrogens (tertiary/aromatic N) is 3. The van der Waals surface area contributed by atoms with Crippen LogP contribution in [0.1, 0.15) is 24.3 Å². The van der Waals surface area contributed by atoms with Gasteiger partial charge < -0.3 is 5.32 Å². The summed E-state index contributed by atoms with van der Waals surface area (Å²) in [4.78, 5) is 0. The van der Waals surface area contributed by atoms with Gasteiger partial charge in [-0.2, -0.15) is 5.21 Å². The third-order valence-electron chi connectivity index (χ3n) is 3.33. The molecule has 0 radical (unpaired) electrons. The molecule has 1 aromatic heterocycles. The molecule has 5 heteroatoms. The van der Waals surface area contributed by atoms with Crippen molar-refractivity contribution >= 4 is 0 Å². The third-order valence-corrected chi connectivity index (χ3v) is 3.33. The summed E-state index contributed by atoms with van der Waals surface area (Å²) in [7, 11) is 0. The molecular formula is C12H15N5. The number of aromatic amines is 1. The number of hydrogen-bond donors (Lipinski definition) is 2. The van der Waals surface area contributed by atoms with Gasteiger partial charge in [0.15, 0.2) is 0 Å². The number of rotatable bonds is 2. The summed E-state index contributed by atoms with van der Waals surface area (Å²) in [6.07, 6.45) is 2.35. The predicted octanol–water partition coefficient (Wildman–Crippen LogP) is 1.33. The van der Waals surface area contributed by atoms with E-state index in [0.29, 0.717) is 11.7 Å². The van der Waals surface area contributed by atoms with Crippen molar-refractivity contribution in [3.05, 3.63) is 29.8 Å². The minimum absolute atomic E-state index is 0.603. The van der Waals surface area contributed by atoms with Crippen LogP contribution in [0.5, 0.6) is 0 Å². The lowest BCUT2D eigenvalue weighted by molar-refractivity contribution is 0.461. The van der Waals surface area contributed by atoms with E-state index in [1.54, 1.807) is 0 Å². The first-order valence-corrected chi connectivity index (χ1v) is 5.98. The second-order valence-electron chi connectivity index (χ2n) is 4.35. The van der Waals surface area contributed by atoms with Gasteiger partial charge in [-0.25, -0.2) is 0 Å². The average Bonchev–Trinajstić information content (AvgIpc) is 2.94. The highest BCUT2D eigenvalue weighted by Gasteiger charge is 2.19. The SMILES string of the molecule is c1ccc(C2CCNCC2)c(-c2nn[nH]n2)c1. The lowest BCUT2D eigenvalue weighted by Crippen LogP contribution is -2.26. The van der Waals surface area contributed by atoms with E-state index in [1.165, 1.54) is 18.4 Å². The van der Waals surface area contributed by atoms with Crippen LogP contribution in [0.25, 0.3) is 11.4 Å². The van der Waals surface area contributed by atoms with E-state index < -0.39 is 0 Å². The summed E-state index contributed by atoms with van der Waals surface area (Å²) in [5.74, 6) is 1.30. The summed E-state index contributed by atoms with van der Waals surface area (Å²) in [5, 5.41) is 17.7. The highest BCUT2D eigenvalue weighted by Crippen LogP contribution is 2.31. The number of hydrogen-bond acceptors (Lipinski definition) is 4. The number of nitrogens with one attached hydrogen (secondary N) is 2. The fraction of sp³-hybridized carbons (Fsp3) is 0.417. The fourth-order valence-electron chi connectivity index (χ4n) is 2.47. The van der Waals surface area contributed by atoms with Crippen molar-refractivity contribution < 1.29 is 0 Å². The Morgan fingerprint density at radius 1 is 1.12 bits per heavy atom. The van der Waals surface area contributed by atoms with Crippen molar-refractivity contribution in [3.8, 4) is 11.4 Å². The van der Waals surface area contributed by atoms with Crippen LogP contribution in [0.4, 0.5) is 0 Å². The maximum atomic E-state index is 4.08. The highest BCUT2D eigenvalue weighted by atomic mass is 15.5. The van der Waals surface area contributed by atoms with Gasteiger partial charge in [0.2, 0.25) is 5.82 Å². The van der Waals surface area contributed by atoms with Gasteiger partial charge in [-0.3, -0.25) is 0 Å². The van der Waals surface area contributed by atoms with Crippen LogP contribution in [0.3, 0.4) is 0 Å². The van der Waals surface area contributed by atoms with Crippen molar-refractivity contribution in [1.82, 2.24) is 25.9 Å². The molecular weight excluding hydrogens is 214 g/mol. The van der Waals surface area contributed by atoms with E-state index in [1.807, 2.05) is 6.07 Å². The van der Waals surface area contributed by atoms with Crippen LogP contribution in [0, 0.1) is 0 Å². The monoisotopic (exact) mass is 229 g/mol. The minimum atomic E-state index is 0.603. The lowest BCUT2D eigenvalue weighted by Gasteiger charge is -2.24. The van der Waals surface area contributed by atoms with Gasteiger partial charge >= 0.3 is 0 Å². The second-order valence-corrected chi connectivity index (χ2v) is 4.35. The molecule has 1 fully saturated rings. The highest BCUT2D eigenvalue weighted by molar-refractivity contribution is 5.60. The zero-order chi connectivity index (χ0) is 11.5. The van der Waals surface area contributed by atoms with E-state index in [4.69, 9.17) is 0 Å². The normalized spacial score (nSPS) is 17.2. The Labute approximate surface area is 99.6 Å². The van der Waals surface area contributed by atoms with E-state index in [0.717, 1.165) is 18.7 Å². The smallest absolute Gasteiger partial charge is 0.204 e. The molecule has 88 valence electrons. The Balaban J connectivity index is 1.98. The molecule has 2 N–H and O–H groups in total. The number of aromatic nitrogens is 4. The van der Waals surface area contributed by atoms with Gasteiger partial charge in [0.25, 0.3) is 0 Å². The van der Waals surface area contributed by atoms with Gasteiger partial charge in [-0.1, -0.05) is 24.3 Å². The van der Waals surface area contributed by atoms with E-state index in [9.17, 15) is 0 Å². The Bertz CT molecular complexity index is 473. The fourth-order valence-corrected chi connectivity index (χ4v) is 2.47. The van der Waals surface area contributed by atoms with Crippen molar-refractivity contribution in [3.63, 3.8) is 0 Å². The van der Waals surface area contributed by atoms with Gasteiger partial charge in [0.1, 0.15) is 0 Å². The number of piperidine rings is 1. The molecule has 17 heavy (non-hydrogen) atoms. The lowest BCUT2D eigenvalue weighted by atomic mass is 9.87. The quantitative estimate of drug-likeness (QED) is 0.815. The first kappa shape index (κ1) is 10.4. The standard InChI is InChI=1S/C12H15N5/c1-2-4-11(12-14-16-17-15-12)10(3-1)9-5-7-13-8-6-9/h1-4,9,13H,5-8H2,(H,14,15,16,17). The maximum Gasteiger partial charge on any atom is 0.204 e. The van der Waals surface area contributed by atoms with Crippen LogP contribution in [-0.2, 0) is 0 Å². The predicted molar refractivity (Wildman–Crippen MR) is 64.5 cm³/mol. The van der Waals surface area contributed by atoms with Gasteiger partial charge in [0.05, 0.1) is 0 Å². The molecule has 1 aliphatic rings. The molecule has 1 aromatic carbocycles. The Morgan fingerprint density at radius 2 is 1.94 bits per heavy atom. The van der Waals surface area contributed by atoms with Crippen molar-refractivity contribution in [2.45, 2.75) is 18.8 Å². The molecule has 0 spiro atoms. The van der Waals surface area contributed by atoms with Crippen LogP contribution in [0.2, 0.25) is 0 Å². The van der Waals surface area contributed by atoms with Gasteiger partial charge in [0, 0.05) is 5.56 Å². The topological polar surface area (TPSA) is 66.5 Å². The van der Waals surface area contributed by atoms with Gasteiger partial charge in [-0.15, -0.1) is 10.2 Å². The summed E-state index contributed by atoms with van der Waals surface area (Å²) in [6, 6.07) is 8.36. The molecule has 2 aromatic rings. The van der Waals surface area contributed by atoms with Crippen LogP contribution in [-0.4, -0.2) is 33.7 Å². The molecule has 5 nitrogen and oxygen atoms in total. The van der Waals surface area contributed by atoms with Crippen LogP contribution in [0.15, 0.2) is 24.3 Å². The van der Waals surface area contributed by atoms with Crippen LogP contribution < -0.4 is 5.32 Å². The van der Waals surface area contributed by atoms with Crippen molar-refractivity contribution in [1.29, 1.82) is 0 Å². The van der Waals surface area contributed by atoms with Gasteiger partial charge in [-0.05, 0) is 42.6 Å². The summed E-state index contributed by atoms with van der Waals surface area (Å²) in [6.45, 7) is 2.18. The number of tetrazole rings is 1. The first-order valence-electron chi connectivity index (χ1n) is 5.98. The number of H-pyrrole nitrogens is 1. The molecule has 0 aliphatic carbocycles. The molecule has 3 rings (SSSR count). The average molecular weight is 229 g/mol. The molecule has 0 atom stereocenters. The maximum absolute atomic E-state index is 4.08. The van der Waals surface area contributed by atoms with Crippen LogP contribution >= 0.6 is 0 Å². The minimum Gasteiger partial charge on any atom is -0.317 e.